The molecule has 2 N–H and O–H groups in total. The van der Waals surface area contributed by atoms with Gasteiger partial charge in [0.05, 0.1) is 0 Å². The van der Waals surface area contributed by atoms with Crippen LogP contribution in [0, 0.1) is 0 Å². The molecule has 29 heavy (non-hydrogen) atoms. The fourth-order valence-electron chi connectivity index (χ4n) is 4.51. The molecule has 0 aromatic heterocycles. The van der Waals surface area contributed by atoms with Crippen LogP contribution >= 0.6 is 24.0 Å². The van der Waals surface area contributed by atoms with Crippen LogP contribution in [0.2, 0.25) is 0 Å². The molecule has 164 valence electrons. The Labute approximate surface area is 195 Å². The van der Waals surface area contributed by atoms with E-state index in [1.807, 2.05) is 14.0 Å². The molecule has 0 amide bonds. The number of guanidine groups is 1. The van der Waals surface area contributed by atoms with E-state index in [2.05, 4.69) is 46.0 Å². The third-order valence-corrected chi connectivity index (χ3v) is 8.02. The van der Waals surface area contributed by atoms with Gasteiger partial charge in [0.25, 0.3) is 0 Å². The summed E-state index contributed by atoms with van der Waals surface area (Å²) in [5, 5.41) is 7.51. The summed E-state index contributed by atoms with van der Waals surface area (Å²) < 4.78 is 17.9. The van der Waals surface area contributed by atoms with Crippen LogP contribution in [-0.2, 0) is 21.0 Å². The molecule has 1 aliphatic carbocycles. The van der Waals surface area contributed by atoms with E-state index in [0.717, 1.165) is 70.0 Å². The Hall–Kier alpha value is -0.670. The molecule has 2 fully saturated rings. The molecule has 1 heterocycles. The lowest BCUT2D eigenvalue weighted by atomic mass is 9.74. The van der Waals surface area contributed by atoms with Gasteiger partial charge in [0.2, 0.25) is 0 Å². The molecule has 1 aromatic carbocycles. The van der Waals surface area contributed by atoms with Crippen LogP contribution in [-0.4, -0.2) is 54.0 Å². The molecule has 3 unspecified atom stereocenters. The molecular formula is C22H36IN3O2S. The number of ether oxygens (including phenoxy) is 1. The second-order valence-corrected chi connectivity index (χ2v) is 9.99. The van der Waals surface area contributed by atoms with Crippen molar-refractivity contribution in [3.63, 3.8) is 0 Å². The Morgan fingerprint density at radius 3 is 2.62 bits per heavy atom. The van der Waals surface area contributed by atoms with E-state index >= 15 is 0 Å². The van der Waals surface area contributed by atoms with Crippen LogP contribution in [0.5, 0.6) is 0 Å². The molecule has 1 saturated heterocycles. The molecular weight excluding hydrogens is 497 g/mol. The molecule has 1 aromatic rings. The first kappa shape index (κ1) is 24.6. The molecule has 3 rings (SSSR count). The lowest BCUT2D eigenvalue weighted by molar-refractivity contribution is 0.0513. The van der Waals surface area contributed by atoms with Gasteiger partial charge in [0.15, 0.2) is 5.96 Å². The van der Waals surface area contributed by atoms with E-state index in [4.69, 9.17) is 4.74 Å². The van der Waals surface area contributed by atoms with Crippen LogP contribution in [0.3, 0.4) is 0 Å². The molecule has 5 nitrogen and oxygen atoms in total. The van der Waals surface area contributed by atoms with Crippen molar-refractivity contribution < 1.29 is 8.95 Å². The van der Waals surface area contributed by atoms with Gasteiger partial charge in [0, 0.05) is 60.1 Å². The predicted octanol–water partition coefficient (Wildman–Crippen LogP) is 3.60. The lowest BCUT2D eigenvalue weighted by Gasteiger charge is -2.38. The van der Waals surface area contributed by atoms with Crippen molar-refractivity contribution in [2.24, 2.45) is 4.99 Å². The van der Waals surface area contributed by atoms with E-state index < -0.39 is 10.8 Å². The number of benzene rings is 1. The summed E-state index contributed by atoms with van der Waals surface area (Å²) in [4.78, 5) is 4.47. The zero-order chi connectivity index (χ0) is 19.8. The molecule has 2 aliphatic rings. The molecule has 0 radical (unpaired) electrons. The molecule has 0 spiro atoms. The monoisotopic (exact) mass is 533 g/mol. The van der Waals surface area contributed by atoms with Gasteiger partial charge in [0.1, 0.15) is 0 Å². The fraction of sp³-hybridized carbons (Fsp3) is 0.682. The van der Waals surface area contributed by atoms with Gasteiger partial charge in [-0.05, 0) is 37.7 Å². The summed E-state index contributed by atoms with van der Waals surface area (Å²) in [6.07, 6.45) is 6.34. The molecule has 7 heteroatoms. The number of nitrogens with zero attached hydrogens (tertiary/aromatic N) is 1. The first-order chi connectivity index (χ1) is 13.7. The van der Waals surface area contributed by atoms with Crippen LogP contribution in [0.1, 0.15) is 51.0 Å². The number of hydrogen-bond donors (Lipinski definition) is 2. The van der Waals surface area contributed by atoms with Gasteiger partial charge in [-0.2, -0.15) is 0 Å². The van der Waals surface area contributed by atoms with Crippen molar-refractivity contribution in [2.45, 2.75) is 62.2 Å². The summed E-state index contributed by atoms with van der Waals surface area (Å²) in [7, 11) is 1.13. The van der Waals surface area contributed by atoms with Gasteiger partial charge < -0.3 is 15.4 Å². The third-order valence-electron chi connectivity index (χ3n) is 6.28. The quantitative estimate of drug-likeness (QED) is 0.334. The standard InChI is InChI=1S/C22H35N3O2S.HI/c1-3-28(26)20-11-7-10-19(16-20)25-21(23-2)24-17-22(12-14-27-15-13-22)18-8-5-4-6-9-18;/h4-6,8-9,19-20H,3,7,10-17H2,1-2H3,(H2,23,24,25);1H. The maximum atomic E-state index is 12.2. The summed E-state index contributed by atoms with van der Waals surface area (Å²) in [6, 6.07) is 11.1. The highest BCUT2D eigenvalue weighted by atomic mass is 127. The van der Waals surface area contributed by atoms with E-state index in [0.29, 0.717) is 11.3 Å². The molecule has 3 atom stereocenters. The van der Waals surface area contributed by atoms with Crippen molar-refractivity contribution in [2.75, 3.05) is 32.6 Å². The summed E-state index contributed by atoms with van der Waals surface area (Å²) in [5.41, 5.74) is 1.45. The summed E-state index contributed by atoms with van der Waals surface area (Å²) in [5.74, 6) is 1.61. The highest BCUT2D eigenvalue weighted by Gasteiger charge is 2.35. The van der Waals surface area contributed by atoms with Crippen molar-refractivity contribution in [1.82, 2.24) is 10.6 Å². The van der Waals surface area contributed by atoms with E-state index in [-0.39, 0.29) is 29.4 Å². The van der Waals surface area contributed by atoms with E-state index in [1.165, 1.54) is 5.56 Å². The van der Waals surface area contributed by atoms with Crippen LogP contribution < -0.4 is 10.6 Å². The SMILES string of the molecule is CCS(=O)C1CCCC(NC(=NC)NCC2(c3ccccc3)CCOCC2)C1.I. The fourth-order valence-corrected chi connectivity index (χ4v) is 5.86. The van der Waals surface area contributed by atoms with E-state index in [9.17, 15) is 4.21 Å². The number of hydrogen-bond acceptors (Lipinski definition) is 3. The van der Waals surface area contributed by atoms with Crippen LogP contribution in [0.25, 0.3) is 0 Å². The Kier molecular flexibility index (Phi) is 10.4. The van der Waals surface area contributed by atoms with Gasteiger partial charge >= 0.3 is 0 Å². The topological polar surface area (TPSA) is 62.7 Å². The Morgan fingerprint density at radius 1 is 1.24 bits per heavy atom. The molecule has 1 aliphatic heterocycles. The van der Waals surface area contributed by atoms with Gasteiger partial charge in [-0.25, -0.2) is 0 Å². The summed E-state index contributed by atoms with van der Waals surface area (Å²) in [6.45, 7) is 4.47. The zero-order valence-electron chi connectivity index (χ0n) is 17.7. The maximum absolute atomic E-state index is 12.2. The first-order valence-corrected chi connectivity index (χ1v) is 12.0. The number of halogens is 1. The highest BCUT2D eigenvalue weighted by Crippen LogP contribution is 2.34. The zero-order valence-corrected chi connectivity index (χ0v) is 20.8. The smallest absolute Gasteiger partial charge is 0.191 e. The first-order valence-electron chi connectivity index (χ1n) is 10.6. The molecule has 1 saturated carbocycles. The second-order valence-electron chi connectivity index (χ2n) is 7.98. The summed E-state index contributed by atoms with van der Waals surface area (Å²) >= 11 is 0. The van der Waals surface area contributed by atoms with Gasteiger partial charge in [-0.3, -0.25) is 9.20 Å². The third kappa shape index (κ3) is 6.66. The predicted molar refractivity (Wildman–Crippen MR) is 133 cm³/mol. The van der Waals surface area contributed by atoms with Gasteiger partial charge in [-0.1, -0.05) is 43.7 Å². The Bertz CT molecular complexity index is 665. The minimum atomic E-state index is -0.704. The van der Waals surface area contributed by atoms with E-state index in [1.54, 1.807) is 0 Å². The van der Waals surface area contributed by atoms with Gasteiger partial charge in [-0.15, -0.1) is 24.0 Å². The van der Waals surface area contributed by atoms with Crippen molar-refractivity contribution in [3.05, 3.63) is 35.9 Å². The average molecular weight is 534 g/mol. The highest BCUT2D eigenvalue weighted by molar-refractivity contribution is 14.0. The number of aliphatic imine (C=N–C) groups is 1. The largest absolute Gasteiger partial charge is 0.381 e. The molecule has 0 bridgehead atoms. The van der Waals surface area contributed by atoms with Crippen molar-refractivity contribution in [3.8, 4) is 0 Å². The Balaban J connectivity index is 0.00000300. The van der Waals surface area contributed by atoms with Crippen molar-refractivity contribution >= 4 is 40.7 Å². The van der Waals surface area contributed by atoms with Crippen molar-refractivity contribution in [1.29, 1.82) is 0 Å². The minimum Gasteiger partial charge on any atom is -0.381 e. The van der Waals surface area contributed by atoms with Crippen LogP contribution in [0.4, 0.5) is 0 Å². The Morgan fingerprint density at radius 2 is 1.97 bits per heavy atom. The normalized spacial score (nSPS) is 25.5. The number of nitrogens with one attached hydrogen (secondary N) is 2. The lowest BCUT2D eigenvalue weighted by Crippen LogP contribution is -2.51. The maximum Gasteiger partial charge on any atom is 0.191 e. The number of rotatable bonds is 6. The average Bonchev–Trinajstić information content (AvgIpc) is 2.77. The van der Waals surface area contributed by atoms with Crippen LogP contribution in [0.15, 0.2) is 35.3 Å². The second kappa shape index (κ2) is 12.2. The minimum absolute atomic E-state index is 0.